The van der Waals surface area contributed by atoms with Gasteiger partial charge < -0.3 is 19.2 Å². The summed E-state index contributed by atoms with van der Waals surface area (Å²) in [6.45, 7) is 4.93. The van der Waals surface area contributed by atoms with Gasteiger partial charge in [0.05, 0.1) is 18.3 Å². The van der Waals surface area contributed by atoms with Crippen LogP contribution >= 0.6 is 0 Å². The number of furan rings is 1. The summed E-state index contributed by atoms with van der Waals surface area (Å²) in [6.07, 6.45) is 8.41. The van der Waals surface area contributed by atoms with Gasteiger partial charge in [-0.1, -0.05) is 62.9 Å². The van der Waals surface area contributed by atoms with E-state index in [9.17, 15) is 9.59 Å². The van der Waals surface area contributed by atoms with Crippen molar-refractivity contribution in [3.63, 3.8) is 0 Å². The van der Waals surface area contributed by atoms with E-state index >= 15 is 0 Å². The summed E-state index contributed by atoms with van der Waals surface area (Å²) in [4.78, 5) is 29.4. The maximum Gasteiger partial charge on any atom is 0.271 e. The average molecular weight is 448 g/mol. The van der Waals surface area contributed by atoms with E-state index in [-0.39, 0.29) is 23.8 Å². The highest BCUT2D eigenvalue weighted by Crippen LogP contribution is 2.35. The van der Waals surface area contributed by atoms with Gasteiger partial charge in [0.25, 0.3) is 5.91 Å². The predicted octanol–water partition coefficient (Wildman–Crippen LogP) is 5.09. The maximum atomic E-state index is 13.8. The number of hydrogen-bond donors (Lipinski definition) is 1. The molecular weight excluding hydrogens is 414 g/mol. The number of benzene rings is 1. The van der Waals surface area contributed by atoms with Crippen molar-refractivity contribution >= 4 is 22.9 Å². The minimum Gasteiger partial charge on any atom is -0.463 e. The third-order valence-corrected chi connectivity index (χ3v) is 7.55. The number of hydrogen-bond acceptors (Lipinski definition) is 3. The molecule has 1 aliphatic carbocycles. The molecule has 0 bridgehead atoms. The monoisotopic (exact) mass is 447 g/mol. The smallest absolute Gasteiger partial charge is 0.271 e. The predicted molar refractivity (Wildman–Crippen MR) is 128 cm³/mol. The number of carbonyl (C=O) groups excluding carboxylic acids is 2. The number of amides is 2. The van der Waals surface area contributed by atoms with E-state index in [1.165, 1.54) is 12.8 Å². The van der Waals surface area contributed by atoms with Crippen LogP contribution in [0.2, 0.25) is 0 Å². The van der Waals surface area contributed by atoms with Gasteiger partial charge in [0.2, 0.25) is 5.91 Å². The molecule has 33 heavy (non-hydrogen) atoms. The van der Waals surface area contributed by atoms with Crippen molar-refractivity contribution in [1.29, 1.82) is 0 Å². The van der Waals surface area contributed by atoms with E-state index in [0.29, 0.717) is 24.4 Å². The van der Waals surface area contributed by atoms with Crippen molar-refractivity contribution in [2.45, 2.75) is 76.4 Å². The van der Waals surface area contributed by atoms with Gasteiger partial charge >= 0.3 is 0 Å². The highest BCUT2D eigenvalue weighted by atomic mass is 16.3. The lowest BCUT2D eigenvalue weighted by Gasteiger charge is -2.45. The third kappa shape index (κ3) is 3.96. The Morgan fingerprint density at radius 3 is 2.61 bits per heavy atom. The molecule has 1 N–H and O–H groups in total. The first-order valence-electron chi connectivity index (χ1n) is 12.2. The van der Waals surface area contributed by atoms with Crippen molar-refractivity contribution in [3.05, 3.63) is 60.0 Å². The van der Waals surface area contributed by atoms with Crippen LogP contribution in [0.5, 0.6) is 0 Å². The van der Waals surface area contributed by atoms with Gasteiger partial charge in [0, 0.05) is 24.7 Å². The molecule has 1 fully saturated rings. The standard InChI is InChI=1S/C27H33N3O3/c1-19(20-10-6-5-7-11-20)17-30-25(31)23-16-24-22(14-15-33-24)29(23)18-27(30,2)26(32)28-21-12-8-3-4-9-13-21/h5-7,10-11,14-16,19,21H,3-4,8-9,12-13,17-18H2,1-2H3,(H,28,32)/t19-,27+/m1/s1. The molecule has 1 aliphatic heterocycles. The molecule has 2 aromatic heterocycles. The van der Waals surface area contributed by atoms with Crippen LogP contribution in [0.3, 0.4) is 0 Å². The Bertz CT molecular complexity index is 1140. The summed E-state index contributed by atoms with van der Waals surface area (Å²) in [6, 6.07) is 14.0. The zero-order valence-electron chi connectivity index (χ0n) is 19.5. The van der Waals surface area contributed by atoms with Crippen LogP contribution in [0.1, 0.15) is 74.3 Å². The van der Waals surface area contributed by atoms with Crippen LogP contribution in [0, 0.1) is 0 Å². The number of carbonyl (C=O) groups is 2. The largest absolute Gasteiger partial charge is 0.463 e. The van der Waals surface area contributed by atoms with Gasteiger partial charge in [-0.3, -0.25) is 9.59 Å². The summed E-state index contributed by atoms with van der Waals surface area (Å²) in [5.74, 6) is -0.0717. The summed E-state index contributed by atoms with van der Waals surface area (Å²) in [5, 5.41) is 3.33. The van der Waals surface area contributed by atoms with Crippen molar-refractivity contribution in [2.24, 2.45) is 0 Å². The fourth-order valence-electron chi connectivity index (χ4n) is 5.48. The fourth-order valence-corrected chi connectivity index (χ4v) is 5.48. The topological polar surface area (TPSA) is 67.5 Å². The Morgan fingerprint density at radius 2 is 1.88 bits per heavy atom. The summed E-state index contributed by atoms with van der Waals surface area (Å²) < 4.78 is 7.53. The SMILES string of the molecule is C[C@H](CN1C(=O)c2cc3occc3n2C[C@@]1(C)C(=O)NC1CCCCCC1)c1ccccc1. The van der Waals surface area contributed by atoms with E-state index in [4.69, 9.17) is 4.42 Å². The van der Waals surface area contributed by atoms with Crippen LogP contribution < -0.4 is 5.32 Å². The molecule has 5 rings (SSSR count). The number of fused-ring (bicyclic) bond motifs is 3. The second kappa shape index (κ2) is 8.73. The summed E-state index contributed by atoms with van der Waals surface area (Å²) in [7, 11) is 0. The lowest BCUT2D eigenvalue weighted by Crippen LogP contribution is -2.65. The van der Waals surface area contributed by atoms with Crippen LogP contribution in [-0.2, 0) is 11.3 Å². The lowest BCUT2D eigenvalue weighted by molar-refractivity contribution is -0.133. The summed E-state index contributed by atoms with van der Waals surface area (Å²) in [5.41, 5.74) is 2.31. The van der Waals surface area contributed by atoms with Crippen LogP contribution in [0.25, 0.3) is 11.1 Å². The Balaban J connectivity index is 1.49. The molecule has 174 valence electrons. The van der Waals surface area contributed by atoms with Crippen molar-refractivity contribution < 1.29 is 14.0 Å². The first kappa shape index (κ1) is 21.8. The molecule has 3 heterocycles. The van der Waals surface area contributed by atoms with Gasteiger partial charge in [-0.05, 0) is 31.2 Å². The molecule has 2 aliphatic rings. The van der Waals surface area contributed by atoms with Gasteiger partial charge in [0.15, 0.2) is 5.58 Å². The molecule has 6 nitrogen and oxygen atoms in total. The van der Waals surface area contributed by atoms with Crippen LogP contribution in [-0.4, -0.2) is 39.4 Å². The summed E-state index contributed by atoms with van der Waals surface area (Å²) >= 11 is 0. The molecular formula is C27H33N3O3. The van der Waals surface area contributed by atoms with E-state index in [1.54, 1.807) is 17.2 Å². The molecule has 0 saturated heterocycles. The van der Waals surface area contributed by atoms with E-state index in [1.807, 2.05) is 35.8 Å². The average Bonchev–Trinajstić information content (AvgIpc) is 3.31. The first-order valence-corrected chi connectivity index (χ1v) is 12.2. The molecule has 0 radical (unpaired) electrons. The van der Waals surface area contributed by atoms with E-state index in [0.717, 1.165) is 36.8 Å². The lowest BCUT2D eigenvalue weighted by atomic mass is 9.91. The van der Waals surface area contributed by atoms with Gasteiger partial charge in [0.1, 0.15) is 11.2 Å². The van der Waals surface area contributed by atoms with Crippen molar-refractivity contribution in [1.82, 2.24) is 14.8 Å². The minimum absolute atomic E-state index is 0.0565. The molecule has 1 saturated carbocycles. The van der Waals surface area contributed by atoms with Crippen molar-refractivity contribution in [2.75, 3.05) is 6.54 Å². The van der Waals surface area contributed by atoms with Gasteiger partial charge in [-0.15, -0.1) is 0 Å². The number of nitrogens with one attached hydrogen (secondary N) is 1. The zero-order valence-corrected chi connectivity index (χ0v) is 19.5. The normalized spacial score (nSPS) is 22.7. The Kier molecular flexibility index (Phi) is 5.77. The zero-order chi connectivity index (χ0) is 23.0. The second-order valence-corrected chi connectivity index (χ2v) is 9.95. The Hall–Kier alpha value is -3.02. The minimum atomic E-state index is -0.983. The number of rotatable bonds is 5. The Labute approximate surface area is 194 Å². The molecule has 6 heteroatoms. The highest BCUT2D eigenvalue weighted by Gasteiger charge is 2.48. The quantitative estimate of drug-likeness (QED) is 0.554. The number of nitrogens with zero attached hydrogens (tertiary/aromatic N) is 2. The maximum absolute atomic E-state index is 13.8. The first-order chi connectivity index (χ1) is 16.0. The second-order valence-electron chi connectivity index (χ2n) is 9.95. The molecule has 3 aromatic rings. The molecule has 2 atom stereocenters. The fraction of sp³-hybridized carbons (Fsp3) is 0.481. The third-order valence-electron chi connectivity index (χ3n) is 7.55. The van der Waals surface area contributed by atoms with Crippen LogP contribution in [0.15, 0.2) is 53.1 Å². The van der Waals surface area contributed by atoms with E-state index < -0.39 is 5.54 Å². The Morgan fingerprint density at radius 1 is 1.15 bits per heavy atom. The number of aromatic nitrogens is 1. The van der Waals surface area contributed by atoms with Gasteiger partial charge in [-0.2, -0.15) is 0 Å². The molecule has 0 spiro atoms. The van der Waals surface area contributed by atoms with Crippen LogP contribution in [0.4, 0.5) is 0 Å². The molecule has 0 unspecified atom stereocenters. The van der Waals surface area contributed by atoms with Gasteiger partial charge in [-0.25, -0.2) is 0 Å². The molecule has 1 aromatic carbocycles. The van der Waals surface area contributed by atoms with E-state index in [2.05, 4.69) is 24.4 Å². The molecule has 2 amide bonds. The van der Waals surface area contributed by atoms with Crippen molar-refractivity contribution in [3.8, 4) is 0 Å². The highest BCUT2D eigenvalue weighted by molar-refractivity contribution is 6.03.